The number of alkyl halides is 2. The summed E-state index contributed by atoms with van der Waals surface area (Å²) >= 11 is 0. The first-order chi connectivity index (χ1) is 8.86. The highest BCUT2D eigenvalue weighted by atomic mass is 19.3. The minimum absolute atomic E-state index is 0.0453. The van der Waals surface area contributed by atoms with Gasteiger partial charge in [-0.1, -0.05) is 0 Å². The van der Waals surface area contributed by atoms with Crippen LogP contribution in [0.5, 0.6) is 0 Å². The van der Waals surface area contributed by atoms with Gasteiger partial charge >= 0.3 is 12.1 Å². The van der Waals surface area contributed by atoms with Crippen LogP contribution in [0.1, 0.15) is 5.56 Å². The molecule has 0 bridgehead atoms. The van der Waals surface area contributed by atoms with Gasteiger partial charge in [-0.2, -0.15) is 8.78 Å². The Kier molecular flexibility index (Phi) is 3.38. The lowest BCUT2D eigenvalue weighted by atomic mass is 10.2. The van der Waals surface area contributed by atoms with Gasteiger partial charge < -0.3 is 14.7 Å². The normalized spacial score (nSPS) is 20.3. The van der Waals surface area contributed by atoms with Gasteiger partial charge in [0.25, 0.3) is 0 Å². The lowest BCUT2D eigenvalue weighted by molar-refractivity contribution is -0.231. The number of nitrogens with zero attached hydrogens (tertiary/aromatic N) is 3. The molecule has 1 saturated heterocycles. The fourth-order valence-electron chi connectivity index (χ4n) is 1.82. The monoisotopic (exact) mass is 273 g/mol. The van der Waals surface area contributed by atoms with E-state index >= 15 is 0 Å². The molecule has 1 unspecified atom stereocenters. The number of aliphatic hydroxyl groups excluding tert-OH is 1. The van der Waals surface area contributed by atoms with Gasteiger partial charge in [0.15, 0.2) is 6.23 Å². The maximum atomic E-state index is 13.4. The topological polar surface area (TPSA) is 65.9 Å². The van der Waals surface area contributed by atoms with Gasteiger partial charge in [0.2, 0.25) is 0 Å². The van der Waals surface area contributed by atoms with Crippen LogP contribution in [-0.4, -0.2) is 48.0 Å². The number of ether oxygens (including phenoxy) is 1. The average molecular weight is 273 g/mol. The van der Waals surface area contributed by atoms with E-state index in [2.05, 4.69) is 9.72 Å². The van der Waals surface area contributed by atoms with Crippen molar-refractivity contribution < 1.29 is 23.4 Å². The Bertz CT molecular complexity index is 498. The van der Waals surface area contributed by atoms with Crippen LogP contribution < -0.4 is 4.90 Å². The Morgan fingerprint density at radius 1 is 1.58 bits per heavy atom. The lowest BCUT2D eigenvalue weighted by Crippen LogP contribution is -2.35. The lowest BCUT2D eigenvalue weighted by Gasteiger charge is -2.20. The maximum Gasteiger partial charge on any atom is 0.383 e. The van der Waals surface area contributed by atoms with Gasteiger partial charge in [0.1, 0.15) is 5.82 Å². The van der Waals surface area contributed by atoms with Crippen molar-refractivity contribution in [2.75, 3.05) is 25.6 Å². The van der Waals surface area contributed by atoms with Crippen LogP contribution in [0.3, 0.4) is 0 Å². The van der Waals surface area contributed by atoms with Gasteiger partial charge in [-0.15, -0.1) is 0 Å². The third-order valence-corrected chi connectivity index (χ3v) is 2.85. The van der Waals surface area contributed by atoms with Crippen LogP contribution in [0, 0.1) is 0 Å². The van der Waals surface area contributed by atoms with Crippen molar-refractivity contribution in [3.63, 3.8) is 0 Å². The van der Waals surface area contributed by atoms with E-state index in [0.717, 1.165) is 30.3 Å². The van der Waals surface area contributed by atoms with Crippen molar-refractivity contribution in [2.24, 2.45) is 0 Å². The highest BCUT2D eigenvalue weighted by molar-refractivity contribution is 5.93. The first-order valence-corrected chi connectivity index (χ1v) is 5.48. The summed E-state index contributed by atoms with van der Waals surface area (Å²) in [6.07, 6.45) is -3.45. The average Bonchev–Trinajstić information content (AvgIpc) is 2.63. The number of carbonyl (C=O) groups is 1. The van der Waals surface area contributed by atoms with Crippen molar-refractivity contribution in [2.45, 2.75) is 12.3 Å². The smallest absolute Gasteiger partial charge is 0.371 e. The second-order valence-electron chi connectivity index (χ2n) is 4.14. The Morgan fingerprint density at radius 2 is 2.26 bits per heavy atom. The van der Waals surface area contributed by atoms with Crippen LogP contribution >= 0.6 is 0 Å². The summed E-state index contributed by atoms with van der Waals surface area (Å²) in [5, 5.41) is 9.74. The first-order valence-electron chi connectivity index (χ1n) is 5.48. The van der Waals surface area contributed by atoms with Crippen LogP contribution in [0.4, 0.5) is 19.4 Å². The summed E-state index contributed by atoms with van der Waals surface area (Å²) in [6, 6.07) is 1.60. The Hall–Kier alpha value is -1.80. The molecule has 2 heterocycles. The number of rotatable bonds is 3. The summed E-state index contributed by atoms with van der Waals surface area (Å²) in [6.45, 7) is 0.0887. The number of amides is 2. The summed E-state index contributed by atoms with van der Waals surface area (Å²) in [5.74, 6) is -0.0453. The number of aromatic nitrogens is 1. The molecular weight excluding hydrogens is 260 g/mol. The van der Waals surface area contributed by atoms with Gasteiger partial charge in [-0.3, -0.25) is 0 Å². The van der Waals surface area contributed by atoms with Crippen LogP contribution in [0.25, 0.3) is 0 Å². The summed E-state index contributed by atoms with van der Waals surface area (Å²) < 4.78 is 30.9. The zero-order chi connectivity index (χ0) is 14.2. The van der Waals surface area contributed by atoms with Crippen molar-refractivity contribution in [3.05, 3.63) is 23.9 Å². The number of hydrogen-bond donors (Lipinski definition) is 1. The number of urea groups is 1. The van der Waals surface area contributed by atoms with E-state index in [9.17, 15) is 18.7 Å². The zero-order valence-electron chi connectivity index (χ0n) is 10.4. The number of halogens is 2. The van der Waals surface area contributed by atoms with Gasteiger partial charge in [-0.05, 0) is 12.1 Å². The first kappa shape index (κ1) is 13.6. The predicted octanol–water partition coefficient (Wildman–Crippen LogP) is 0.968. The van der Waals surface area contributed by atoms with E-state index in [1.807, 2.05) is 0 Å². The van der Waals surface area contributed by atoms with Crippen LogP contribution in [0.2, 0.25) is 0 Å². The second kappa shape index (κ2) is 4.71. The van der Waals surface area contributed by atoms with E-state index in [1.54, 1.807) is 0 Å². The molecule has 19 heavy (non-hydrogen) atoms. The quantitative estimate of drug-likeness (QED) is 0.891. The molecule has 0 radical (unpaired) electrons. The molecule has 0 aromatic carbocycles. The highest BCUT2D eigenvalue weighted by Crippen LogP contribution is 2.31. The van der Waals surface area contributed by atoms with Gasteiger partial charge in [0.05, 0.1) is 12.1 Å². The fourth-order valence-corrected chi connectivity index (χ4v) is 1.82. The van der Waals surface area contributed by atoms with E-state index in [-0.39, 0.29) is 12.4 Å². The maximum absolute atomic E-state index is 13.4. The van der Waals surface area contributed by atoms with E-state index < -0.39 is 23.9 Å². The Labute approximate surface area is 108 Å². The molecule has 1 aliphatic heterocycles. The molecule has 1 aliphatic rings. The second-order valence-corrected chi connectivity index (χ2v) is 4.14. The molecule has 6 nitrogen and oxygen atoms in total. The molecule has 2 rings (SSSR count). The Morgan fingerprint density at radius 3 is 2.79 bits per heavy atom. The molecule has 1 N–H and O–H groups in total. The SMILES string of the molecule is COC(F)(F)c1ccnc(N2C(=O)N(C)CC2O)c1. The summed E-state index contributed by atoms with van der Waals surface area (Å²) in [7, 11) is 2.38. The number of β-amino-alcohol motifs (C(OH)–C–C–N with tert-alkyl or cyclic N) is 1. The zero-order valence-corrected chi connectivity index (χ0v) is 10.4. The van der Waals surface area contributed by atoms with Crippen molar-refractivity contribution in [1.29, 1.82) is 0 Å². The van der Waals surface area contributed by atoms with E-state index in [1.165, 1.54) is 11.9 Å². The molecule has 8 heteroatoms. The molecule has 2 amide bonds. The molecule has 1 atom stereocenters. The predicted molar refractivity (Wildman–Crippen MR) is 61.7 cm³/mol. The number of anilines is 1. The highest BCUT2D eigenvalue weighted by Gasteiger charge is 2.38. The minimum atomic E-state index is -3.47. The van der Waals surface area contributed by atoms with Crippen LogP contribution in [-0.2, 0) is 10.8 Å². The van der Waals surface area contributed by atoms with E-state index in [4.69, 9.17) is 0 Å². The third-order valence-electron chi connectivity index (χ3n) is 2.85. The number of likely N-dealkylation sites (N-methyl/N-ethyl adjacent to an activating group) is 1. The number of hydrogen-bond acceptors (Lipinski definition) is 4. The van der Waals surface area contributed by atoms with Crippen molar-refractivity contribution in [1.82, 2.24) is 9.88 Å². The molecule has 0 spiro atoms. The minimum Gasteiger partial charge on any atom is -0.371 e. The molecule has 1 aromatic heterocycles. The largest absolute Gasteiger partial charge is 0.383 e. The molecule has 0 aliphatic carbocycles. The molecule has 0 saturated carbocycles. The number of carbonyl (C=O) groups excluding carboxylic acids is 1. The van der Waals surface area contributed by atoms with Crippen molar-refractivity contribution in [3.8, 4) is 0 Å². The van der Waals surface area contributed by atoms with Crippen LogP contribution in [0.15, 0.2) is 18.3 Å². The summed E-state index contributed by atoms with van der Waals surface area (Å²) in [4.78, 5) is 17.8. The molecule has 1 fully saturated rings. The molecule has 1 aromatic rings. The molecule has 104 valence electrons. The third kappa shape index (κ3) is 2.36. The Balaban J connectivity index is 2.37. The summed E-state index contributed by atoms with van der Waals surface area (Å²) in [5.41, 5.74) is -0.436. The standard InChI is InChI=1S/C11H13F2N3O3/c1-15-6-9(17)16(10(15)18)8-5-7(3-4-14-8)11(12,13)19-2/h3-5,9,17H,6H2,1-2H3. The van der Waals surface area contributed by atoms with Gasteiger partial charge in [-0.25, -0.2) is 14.7 Å². The number of methoxy groups -OCH3 is 1. The van der Waals surface area contributed by atoms with Gasteiger partial charge in [0, 0.05) is 20.4 Å². The molecular formula is C11H13F2N3O3. The fraction of sp³-hybridized carbons (Fsp3) is 0.455. The number of pyridine rings is 1. The van der Waals surface area contributed by atoms with Crippen molar-refractivity contribution >= 4 is 11.8 Å². The number of aliphatic hydroxyl groups is 1. The van der Waals surface area contributed by atoms with E-state index in [0.29, 0.717) is 0 Å².